The van der Waals surface area contributed by atoms with Gasteiger partial charge in [-0.15, -0.1) is 11.3 Å². The summed E-state index contributed by atoms with van der Waals surface area (Å²) in [5.74, 6) is -0.0555. The van der Waals surface area contributed by atoms with E-state index >= 15 is 0 Å². The number of thioether (sulfide) groups is 1. The number of carbonyl (C=O) groups is 1. The van der Waals surface area contributed by atoms with Crippen LogP contribution in [-0.4, -0.2) is 38.7 Å². The standard InChI is InChI=1S/C18H24N4O2S2/c1-10(2)22-16(24)14-11(3)12(4)26-15(14)20-17(22)25-8-13(23)21(7)18(5,6)9-19/h10H,8H2,1-7H3. The van der Waals surface area contributed by atoms with Gasteiger partial charge in [0.2, 0.25) is 5.91 Å². The lowest BCUT2D eigenvalue weighted by Gasteiger charge is -2.29. The van der Waals surface area contributed by atoms with Crippen molar-refractivity contribution in [3.63, 3.8) is 0 Å². The zero-order valence-electron chi connectivity index (χ0n) is 16.2. The average Bonchev–Trinajstić information content (AvgIpc) is 2.85. The number of carbonyl (C=O) groups excluding carboxylic acids is 1. The fourth-order valence-corrected chi connectivity index (χ4v) is 4.57. The van der Waals surface area contributed by atoms with E-state index in [-0.39, 0.29) is 23.3 Å². The van der Waals surface area contributed by atoms with Gasteiger partial charge in [0.05, 0.1) is 17.2 Å². The van der Waals surface area contributed by atoms with E-state index in [1.807, 2.05) is 27.7 Å². The van der Waals surface area contributed by atoms with Gasteiger partial charge in [0.1, 0.15) is 10.4 Å². The van der Waals surface area contributed by atoms with Gasteiger partial charge in [-0.2, -0.15) is 5.26 Å². The van der Waals surface area contributed by atoms with E-state index in [0.29, 0.717) is 15.4 Å². The summed E-state index contributed by atoms with van der Waals surface area (Å²) < 4.78 is 1.65. The molecule has 1 amide bonds. The van der Waals surface area contributed by atoms with Crippen LogP contribution >= 0.6 is 23.1 Å². The number of aryl methyl sites for hydroxylation is 2. The lowest BCUT2D eigenvalue weighted by Crippen LogP contribution is -2.44. The van der Waals surface area contributed by atoms with Gasteiger partial charge in [-0.1, -0.05) is 11.8 Å². The number of nitrogens with zero attached hydrogens (tertiary/aromatic N) is 4. The lowest BCUT2D eigenvalue weighted by molar-refractivity contribution is -0.130. The number of rotatable bonds is 5. The summed E-state index contributed by atoms with van der Waals surface area (Å²) in [5, 5.41) is 10.4. The Kier molecular flexibility index (Phi) is 5.83. The molecule has 0 spiro atoms. The van der Waals surface area contributed by atoms with Crippen molar-refractivity contribution in [2.75, 3.05) is 12.8 Å². The SMILES string of the molecule is Cc1sc2nc(SCC(=O)N(C)C(C)(C)C#N)n(C(C)C)c(=O)c2c1C. The minimum Gasteiger partial charge on any atom is -0.327 e. The van der Waals surface area contributed by atoms with Crippen LogP contribution in [0, 0.1) is 25.2 Å². The molecule has 0 N–H and O–H groups in total. The number of aromatic nitrogens is 2. The molecule has 0 radical (unpaired) electrons. The number of amides is 1. The van der Waals surface area contributed by atoms with E-state index in [2.05, 4.69) is 11.1 Å². The predicted octanol–water partition coefficient (Wildman–Crippen LogP) is 3.51. The molecule has 26 heavy (non-hydrogen) atoms. The number of hydrogen-bond acceptors (Lipinski definition) is 6. The molecule has 0 saturated carbocycles. The summed E-state index contributed by atoms with van der Waals surface area (Å²) in [5.41, 5.74) is 0.0295. The van der Waals surface area contributed by atoms with E-state index in [9.17, 15) is 14.9 Å². The molecule has 0 aliphatic rings. The van der Waals surface area contributed by atoms with Crippen molar-refractivity contribution < 1.29 is 4.79 Å². The number of hydrogen-bond donors (Lipinski definition) is 0. The van der Waals surface area contributed by atoms with Crippen LogP contribution in [0.15, 0.2) is 9.95 Å². The number of fused-ring (bicyclic) bond motifs is 1. The van der Waals surface area contributed by atoms with Gasteiger partial charge in [-0.05, 0) is 47.1 Å². The molecule has 8 heteroatoms. The third-order valence-corrected chi connectivity index (χ3v) is 6.57. The first-order chi connectivity index (χ1) is 12.0. The summed E-state index contributed by atoms with van der Waals surface area (Å²) in [6.45, 7) is 11.2. The quantitative estimate of drug-likeness (QED) is 0.575. The van der Waals surface area contributed by atoms with Crippen molar-refractivity contribution in [3.8, 4) is 6.07 Å². The fourth-order valence-electron chi connectivity index (χ4n) is 2.45. The van der Waals surface area contributed by atoms with E-state index in [1.54, 1.807) is 25.5 Å². The minimum absolute atomic E-state index is 0.0625. The Morgan fingerprint density at radius 3 is 2.58 bits per heavy atom. The highest BCUT2D eigenvalue weighted by Crippen LogP contribution is 2.29. The Bertz CT molecular complexity index is 951. The monoisotopic (exact) mass is 392 g/mol. The maximum atomic E-state index is 13.0. The third kappa shape index (κ3) is 3.64. The van der Waals surface area contributed by atoms with E-state index in [4.69, 9.17) is 0 Å². The lowest BCUT2D eigenvalue weighted by atomic mass is 10.1. The van der Waals surface area contributed by atoms with Gasteiger partial charge in [0.15, 0.2) is 5.16 Å². The molecule has 2 rings (SSSR count). The first-order valence-electron chi connectivity index (χ1n) is 8.34. The Balaban J connectivity index is 2.41. The Hall–Kier alpha value is -1.85. The van der Waals surface area contributed by atoms with Gasteiger partial charge in [0, 0.05) is 18.0 Å². The summed E-state index contributed by atoms with van der Waals surface area (Å²) in [7, 11) is 1.62. The summed E-state index contributed by atoms with van der Waals surface area (Å²) >= 11 is 2.74. The highest BCUT2D eigenvalue weighted by molar-refractivity contribution is 7.99. The van der Waals surface area contributed by atoms with Crippen LogP contribution in [0.5, 0.6) is 0 Å². The van der Waals surface area contributed by atoms with Gasteiger partial charge in [0.25, 0.3) is 5.56 Å². The van der Waals surface area contributed by atoms with Crippen LogP contribution in [0.3, 0.4) is 0 Å². The van der Waals surface area contributed by atoms with E-state index in [1.165, 1.54) is 28.0 Å². The molecular weight excluding hydrogens is 368 g/mol. The molecule has 0 aromatic carbocycles. The molecule has 0 aliphatic carbocycles. The number of thiophene rings is 1. The van der Waals surface area contributed by atoms with Crippen molar-refractivity contribution in [2.45, 2.75) is 58.3 Å². The van der Waals surface area contributed by atoms with Crippen LogP contribution in [0.1, 0.15) is 44.2 Å². The highest BCUT2D eigenvalue weighted by Gasteiger charge is 2.28. The van der Waals surface area contributed by atoms with Crippen LogP contribution in [0.2, 0.25) is 0 Å². The fraction of sp³-hybridized carbons (Fsp3) is 0.556. The van der Waals surface area contributed by atoms with E-state index in [0.717, 1.165) is 10.4 Å². The van der Waals surface area contributed by atoms with Crippen molar-refractivity contribution in [1.29, 1.82) is 5.26 Å². The second kappa shape index (κ2) is 7.41. The van der Waals surface area contributed by atoms with Crippen molar-refractivity contribution in [2.24, 2.45) is 0 Å². The molecule has 2 aromatic rings. The van der Waals surface area contributed by atoms with Crippen molar-refractivity contribution >= 4 is 39.2 Å². The molecule has 0 saturated heterocycles. The van der Waals surface area contributed by atoms with Crippen molar-refractivity contribution in [1.82, 2.24) is 14.5 Å². The molecular formula is C18H24N4O2S2. The molecule has 140 valence electrons. The third-order valence-electron chi connectivity index (χ3n) is 4.53. The van der Waals surface area contributed by atoms with Crippen LogP contribution in [0.4, 0.5) is 0 Å². The molecule has 0 unspecified atom stereocenters. The maximum Gasteiger partial charge on any atom is 0.263 e. The summed E-state index contributed by atoms with van der Waals surface area (Å²) in [6, 6.07) is 2.05. The second-order valence-corrected chi connectivity index (χ2v) is 9.18. The minimum atomic E-state index is -0.880. The first-order valence-corrected chi connectivity index (χ1v) is 10.1. The van der Waals surface area contributed by atoms with Gasteiger partial charge in [-0.25, -0.2) is 4.98 Å². The zero-order valence-corrected chi connectivity index (χ0v) is 17.8. The molecule has 0 atom stereocenters. The summed E-state index contributed by atoms with van der Waals surface area (Å²) in [4.78, 5) is 33.3. The first kappa shape index (κ1) is 20.5. The Morgan fingerprint density at radius 2 is 2.04 bits per heavy atom. The Morgan fingerprint density at radius 1 is 1.42 bits per heavy atom. The van der Waals surface area contributed by atoms with E-state index < -0.39 is 5.54 Å². The normalized spacial score (nSPS) is 11.8. The number of nitriles is 1. The van der Waals surface area contributed by atoms with Crippen LogP contribution in [0.25, 0.3) is 10.2 Å². The molecule has 2 heterocycles. The second-order valence-electron chi connectivity index (χ2n) is 7.04. The average molecular weight is 393 g/mol. The van der Waals surface area contributed by atoms with Gasteiger partial charge in [-0.3, -0.25) is 14.2 Å². The van der Waals surface area contributed by atoms with Gasteiger partial charge >= 0.3 is 0 Å². The van der Waals surface area contributed by atoms with Crippen LogP contribution in [-0.2, 0) is 4.79 Å². The van der Waals surface area contributed by atoms with Crippen LogP contribution < -0.4 is 5.56 Å². The van der Waals surface area contributed by atoms with Gasteiger partial charge < -0.3 is 4.90 Å². The molecule has 2 aromatic heterocycles. The summed E-state index contributed by atoms with van der Waals surface area (Å²) in [6.07, 6.45) is 0. The Labute approximate surface area is 161 Å². The smallest absolute Gasteiger partial charge is 0.263 e. The molecule has 6 nitrogen and oxygen atoms in total. The highest BCUT2D eigenvalue weighted by atomic mass is 32.2. The zero-order chi connectivity index (χ0) is 19.8. The van der Waals surface area contributed by atoms with Crippen molar-refractivity contribution in [3.05, 3.63) is 20.8 Å². The molecule has 0 bridgehead atoms. The maximum absolute atomic E-state index is 13.0. The molecule has 0 aliphatic heterocycles. The predicted molar refractivity (Wildman–Crippen MR) is 107 cm³/mol. The largest absolute Gasteiger partial charge is 0.327 e. The molecule has 0 fully saturated rings. The topological polar surface area (TPSA) is 79.0 Å².